The number of piperazine rings is 1. The number of carbonyl (C=O) groups is 2. The van der Waals surface area contributed by atoms with E-state index in [2.05, 4.69) is 39.4 Å². The Morgan fingerprint density at radius 2 is 1.69 bits per heavy atom. The van der Waals surface area contributed by atoms with Crippen LogP contribution < -0.4 is 5.32 Å². The molecule has 1 fully saturated rings. The third-order valence-electron chi connectivity index (χ3n) is 5.13. The smallest absolute Gasteiger partial charge is 0.228 e. The summed E-state index contributed by atoms with van der Waals surface area (Å²) in [4.78, 5) is 28.7. The van der Waals surface area contributed by atoms with Crippen molar-refractivity contribution in [2.45, 2.75) is 13.0 Å². The maximum Gasteiger partial charge on any atom is 0.228 e. The fourth-order valence-electron chi connectivity index (χ4n) is 3.64. The summed E-state index contributed by atoms with van der Waals surface area (Å²) in [5.41, 5.74) is 3.79. The molecule has 134 valence electrons. The number of nitrogens with zero attached hydrogens (tertiary/aromatic N) is 2. The number of anilines is 1. The quantitative estimate of drug-likeness (QED) is 0.841. The van der Waals surface area contributed by atoms with E-state index in [1.165, 1.54) is 5.56 Å². The molecule has 1 saturated heterocycles. The number of hydrogen-bond donors (Lipinski definition) is 1. The SMILES string of the molecule is O=C1Cc2cc(C(=O)CN3CCN(Cc4ccccc4)CC3)ccc2N1. The molecule has 5 nitrogen and oxygen atoms in total. The Hall–Kier alpha value is -2.50. The fourth-order valence-corrected chi connectivity index (χ4v) is 3.64. The fraction of sp³-hybridized carbons (Fsp3) is 0.333. The van der Waals surface area contributed by atoms with E-state index in [9.17, 15) is 9.59 Å². The van der Waals surface area contributed by atoms with Crippen LogP contribution in [-0.2, 0) is 17.8 Å². The summed E-state index contributed by atoms with van der Waals surface area (Å²) in [7, 11) is 0. The first kappa shape index (κ1) is 16.9. The maximum absolute atomic E-state index is 12.6. The highest BCUT2D eigenvalue weighted by molar-refractivity contribution is 6.02. The number of amides is 1. The molecular formula is C21H23N3O2. The number of carbonyl (C=O) groups excluding carboxylic acids is 2. The van der Waals surface area contributed by atoms with Crippen molar-refractivity contribution in [2.75, 3.05) is 38.0 Å². The number of hydrogen-bond acceptors (Lipinski definition) is 4. The van der Waals surface area contributed by atoms with Crippen LogP contribution in [0.3, 0.4) is 0 Å². The van der Waals surface area contributed by atoms with Crippen molar-refractivity contribution in [3.63, 3.8) is 0 Å². The molecule has 26 heavy (non-hydrogen) atoms. The van der Waals surface area contributed by atoms with Crippen molar-refractivity contribution < 1.29 is 9.59 Å². The van der Waals surface area contributed by atoms with Crippen LogP contribution in [0.15, 0.2) is 48.5 Å². The molecule has 4 rings (SSSR count). The van der Waals surface area contributed by atoms with Gasteiger partial charge in [-0.15, -0.1) is 0 Å². The number of Topliss-reactive ketones (excluding diaryl/α,β-unsaturated/α-hetero) is 1. The van der Waals surface area contributed by atoms with E-state index in [1.807, 2.05) is 24.3 Å². The number of nitrogens with one attached hydrogen (secondary N) is 1. The van der Waals surface area contributed by atoms with Crippen LogP contribution >= 0.6 is 0 Å². The van der Waals surface area contributed by atoms with Gasteiger partial charge in [0.15, 0.2) is 5.78 Å². The molecule has 0 atom stereocenters. The first-order chi connectivity index (χ1) is 12.7. The first-order valence-electron chi connectivity index (χ1n) is 9.12. The van der Waals surface area contributed by atoms with E-state index in [4.69, 9.17) is 0 Å². The Labute approximate surface area is 153 Å². The lowest BCUT2D eigenvalue weighted by Gasteiger charge is -2.34. The molecule has 0 unspecified atom stereocenters. The zero-order valence-corrected chi connectivity index (χ0v) is 14.8. The Bertz CT molecular complexity index is 811. The first-order valence-corrected chi connectivity index (χ1v) is 9.12. The standard InChI is InChI=1S/C21H23N3O2/c25-20(17-6-7-19-18(12-17)13-21(26)22-19)15-24-10-8-23(9-11-24)14-16-4-2-1-3-5-16/h1-7,12H,8-11,13-15H2,(H,22,26). The van der Waals surface area contributed by atoms with Crippen LogP contribution in [0.25, 0.3) is 0 Å². The second-order valence-corrected chi connectivity index (χ2v) is 7.06. The van der Waals surface area contributed by atoms with Crippen molar-refractivity contribution in [3.8, 4) is 0 Å². The Morgan fingerprint density at radius 1 is 0.962 bits per heavy atom. The van der Waals surface area contributed by atoms with Crippen LogP contribution in [0, 0.1) is 0 Å². The minimum absolute atomic E-state index is 0.000799. The van der Waals surface area contributed by atoms with Crippen LogP contribution in [0.5, 0.6) is 0 Å². The van der Waals surface area contributed by atoms with Gasteiger partial charge in [0, 0.05) is 44.0 Å². The van der Waals surface area contributed by atoms with Gasteiger partial charge in [-0.2, -0.15) is 0 Å². The van der Waals surface area contributed by atoms with E-state index in [0.717, 1.165) is 44.0 Å². The highest BCUT2D eigenvalue weighted by atomic mass is 16.2. The van der Waals surface area contributed by atoms with Gasteiger partial charge in [-0.1, -0.05) is 30.3 Å². The van der Waals surface area contributed by atoms with E-state index < -0.39 is 0 Å². The topological polar surface area (TPSA) is 52.7 Å². The minimum atomic E-state index is -0.000799. The largest absolute Gasteiger partial charge is 0.326 e. The highest BCUT2D eigenvalue weighted by Crippen LogP contribution is 2.24. The number of rotatable bonds is 5. The van der Waals surface area contributed by atoms with Gasteiger partial charge in [0.05, 0.1) is 13.0 Å². The normalized spacial score (nSPS) is 17.8. The summed E-state index contributed by atoms with van der Waals surface area (Å²) in [5.74, 6) is 0.128. The van der Waals surface area contributed by atoms with Crippen molar-refractivity contribution in [1.29, 1.82) is 0 Å². The highest BCUT2D eigenvalue weighted by Gasteiger charge is 2.22. The summed E-state index contributed by atoms with van der Waals surface area (Å²) in [6.07, 6.45) is 0.370. The predicted octanol–water partition coefficient (Wildman–Crippen LogP) is 2.18. The second-order valence-electron chi connectivity index (χ2n) is 7.06. The lowest BCUT2D eigenvalue weighted by Crippen LogP contribution is -2.47. The summed E-state index contributed by atoms with van der Waals surface area (Å²) in [6.45, 7) is 5.18. The minimum Gasteiger partial charge on any atom is -0.326 e. The van der Waals surface area contributed by atoms with Gasteiger partial charge < -0.3 is 5.32 Å². The lowest BCUT2D eigenvalue weighted by molar-refractivity contribution is -0.115. The predicted molar refractivity (Wildman–Crippen MR) is 101 cm³/mol. The van der Waals surface area contributed by atoms with Crippen LogP contribution in [-0.4, -0.2) is 54.2 Å². The average molecular weight is 349 g/mol. The molecule has 5 heteroatoms. The molecule has 0 spiro atoms. The number of ketones is 1. The molecule has 2 aromatic rings. The van der Waals surface area contributed by atoms with Gasteiger partial charge >= 0.3 is 0 Å². The Balaban J connectivity index is 1.30. The monoisotopic (exact) mass is 349 g/mol. The van der Waals surface area contributed by atoms with Gasteiger partial charge in [-0.25, -0.2) is 0 Å². The molecule has 2 aliphatic rings. The van der Waals surface area contributed by atoms with E-state index in [-0.39, 0.29) is 11.7 Å². The molecule has 1 amide bonds. The molecule has 0 radical (unpaired) electrons. The van der Waals surface area contributed by atoms with Gasteiger partial charge in [0.1, 0.15) is 0 Å². The van der Waals surface area contributed by atoms with Gasteiger partial charge in [0.25, 0.3) is 0 Å². The van der Waals surface area contributed by atoms with Crippen LogP contribution in [0.4, 0.5) is 5.69 Å². The second kappa shape index (κ2) is 7.40. The van der Waals surface area contributed by atoms with E-state index >= 15 is 0 Å². The van der Waals surface area contributed by atoms with Crippen molar-refractivity contribution in [3.05, 3.63) is 65.2 Å². The third kappa shape index (κ3) is 3.84. The van der Waals surface area contributed by atoms with Gasteiger partial charge in [-0.3, -0.25) is 19.4 Å². The zero-order chi connectivity index (χ0) is 17.9. The summed E-state index contributed by atoms with van der Waals surface area (Å²) in [5, 5.41) is 2.80. The summed E-state index contributed by atoms with van der Waals surface area (Å²) in [6, 6.07) is 16.0. The van der Waals surface area contributed by atoms with E-state index in [0.29, 0.717) is 18.5 Å². The average Bonchev–Trinajstić information content (AvgIpc) is 3.03. The molecule has 2 aliphatic heterocycles. The number of benzene rings is 2. The Kier molecular flexibility index (Phi) is 4.82. The maximum atomic E-state index is 12.6. The molecule has 2 aromatic carbocycles. The Morgan fingerprint density at radius 3 is 2.46 bits per heavy atom. The molecule has 0 aromatic heterocycles. The van der Waals surface area contributed by atoms with Crippen molar-refractivity contribution in [1.82, 2.24) is 9.80 Å². The molecule has 2 heterocycles. The van der Waals surface area contributed by atoms with E-state index in [1.54, 1.807) is 0 Å². The summed E-state index contributed by atoms with van der Waals surface area (Å²) < 4.78 is 0. The zero-order valence-electron chi connectivity index (χ0n) is 14.8. The molecular weight excluding hydrogens is 326 g/mol. The lowest BCUT2D eigenvalue weighted by atomic mass is 10.0. The van der Waals surface area contributed by atoms with Crippen molar-refractivity contribution in [2.24, 2.45) is 0 Å². The molecule has 0 bridgehead atoms. The van der Waals surface area contributed by atoms with Crippen LogP contribution in [0.1, 0.15) is 21.5 Å². The molecule has 0 saturated carbocycles. The molecule has 0 aliphatic carbocycles. The summed E-state index contributed by atoms with van der Waals surface area (Å²) >= 11 is 0. The van der Waals surface area contributed by atoms with Crippen LogP contribution in [0.2, 0.25) is 0 Å². The van der Waals surface area contributed by atoms with Gasteiger partial charge in [-0.05, 0) is 29.3 Å². The third-order valence-corrected chi connectivity index (χ3v) is 5.13. The van der Waals surface area contributed by atoms with Crippen molar-refractivity contribution >= 4 is 17.4 Å². The number of fused-ring (bicyclic) bond motifs is 1. The molecule has 1 N–H and O–H groups in total. The van der Waals surface area contributed by atoms with Gasteiger partial charge in [0.2, 0.25) is 5.91 Å².